The minimum Gasteiger partial charge on any atom is -0.237 e. The zero-order chi connectivity index (χ0) is 10.3. The van der Waals surface area contributed by atoms with Crippen LogP contribution in [0.25, 0.3) is 0 Å². The van der Waals surface area contributed by atoms with Gasteiger partial charge >= 0.3 is 0 Å². The van der Waals surface area contributed by atoms with Crippen LogP contribution in [0.5, 0.6) is 0 Å². The van der Waals surface area contributed by atoms with E-state index in [9.17, 15) is 0 Å². The minimum absolute atomic E-state index is 0.0529. The van der Waals surface area contributed by atoms with E-state index in [0.717, 1.165) is 5.69 Å². The molecule has 0 aromatic carbocycles. The van der Waals surface area contributed by atoms with Gasteiger partial charge in [0.15, 0.2) is 0 Å². The molecule has 0 aliphatic rings. The van der Waals surface area contributed by atoms with Crippen molar-refractivity contribution in [2.45, 2.75) is 44.9 Å². The van der Waals surface area contributed by atoms with Crippen molar-refractivity contribution < 1.29 is 0 Å². The van der Waals surface area contributed by atoms with E-state index in [1.807, 2.05) is 20.0 Å². The van der Waals surface area contributed by atoms with Crippen molar-refractivity contribution in [3.8, 4) is 0 Å². The summed E-state index contributed by atoms with van der Waals surface area (Å²) in [5.41, 5.74) is 1.05. The zero-order valence-corrected chi connectivity index (χ0v) is 9.76. The predicted molar refractivity (Wildman–Crippen MR) is 57.0 cm³/mol. The molecule has 0 spiro atoms. The summed E-state index contributed by atoms with van der Waals surface area (Å²) in [6.07, 6.45) is 1.95. The number of aromatic nitrogens is 3. The molecule has 1 aromatic heterocycles. The maximum atomic E-state index is 4.41. The van der Waals surface area contributed by atoms with Crippen molar-refractivity contribution in [2.75, 3.05) is 0 Å². The summed E-state index contributed by atoms with van der Waals surface area (Å²) in [7, 11) is 0. The van der Waals surface area contributed by atoms with Crippen molar-refractivity contribution in [2.24, 2.45) is 0 Å². The topological polar surface area (TPSA) is 30.7 Å². The normalized spacial score (nSPS) is 13.4. The predicted octanol–water partition coefficient (Wildman–Crippen LogP) is 2.20. The van der Waals surface area contributed by atoms with Gasteiger partial charge in [0.25, 0.3) is 0 Å². The van der Waals surface area contributed by atoms with Crippen LogP contribution in [-0.4, -0.2) is 15.0 Å². The molecule has 1 heterocycles. The minimum atomic E-state index is -0.281. The molecule has 74 valence electrons. The molecule has 0 bridgehead atoms. The molecule has 13 heavy (non-hydrogen) atoms. The molecule has 0 amide bonds. The molecule has 0 unspecified atom stereocenters. The second-order valence-electron chi connectivity index (χ2n) is 4.79. The average Bonchev–Trinajstić information content (AvgIpc) is 2.28. The molecule has 1 aromatic rings. The third-order valence-electron chi connectivity index (χ3n) is 1.82. The molecule has 0 aliphatic carbocycles. The van der Waals surface area contributed by atoms with Crippen LogP contribution in [0.15, 0.2) is 6.20 Å². The summed E-state index contributed by atoms with van der Waals surface area (Å²) in [6, 6.07) is 0. The third kappa shape index (κ3) is 2.46. The summed E-state index contributed by atoms with van der Waals surface area (Å²) >= 11 is 4.41. The summed E-state index contributed by atoms with van der Waals surface area (Å²) in [6.45, 7) is 10.3. The van der Waals surface area contributed by atoms with Gasteiger partial charge in [0.05, 0.1) is 11.9 Å². The van der Waals surface area contributed by atoms with Crippen LogP contribution in [0.3, 0.4) is 0 Å². The first-order valence-electron chi connectivity index (χ1n) is 4.37. The van der Waals surface area contributed by atoms with E-state index in [4.69, 9.17) is 0 Å². The molecule has 0 fully saturated rings. The lowest BCUT2D eigenvalue weighted by Gasteiger charge is -2.17. The number of hydrogen-bond acceptors (Lipinski definition) is 3. The first kappa shape index (κ1) is 10.6. The summed E-state index contributed by atoms with van der Waals surface area (Å²) in [4.78, 5) is -0.281. The molecular formula is C9H17N3S. The Kier molecular flexibility index (Phi) is 2.45. The van der Waals surface area contributed by atoms with Crippen molar-refractivity contribution >= 4 is 12.6 Å². The van der Waals surface area contributed by atoms with Gasteiger partial charge in [-0.2, -0.15) is 0 Å². The molecular weight excluding hydrogens is 182 g/mol. The van der Waals surface area contributed by atoms with Gasteiger partial charge in [-0.05, 0) is 13.8 Å². The Morgan fingerprint density at radius 2 is 1.77 bits per heavy atom. The Bertz CT molecular complexity index is 262. The van der Waals surface area contributed by atoms with Gasteiger partial charge in [0.2, 0.25) is 0 Å². The van der Waals surface area contributed by atoms with Gasteiger partial charge in [-0.25, -0.2) is 4.68 Å². The molecule has 0 radical (unpaired) electrons. The zero-order valence-electron chi connectivity index (χ0n) is 8.87. The number of nitrogens with zero attached hydrogens (tertiary/aromatic N) is 3. The fourth-order valence-electron chi connectivity index (χ4n) is 0.875. The largest absolute Gasteiger partial charge is 0.237 e. The van der Waals surface area contributed by atoms with Gasteiger partial charge in [0, 0.05) is 5.41 Å². The maximum absolute atomic E-state index is 4.41. The van der Waals surface area contributed by atoms with Gasteiger partial charge in [-0.15, -0.1) is 17.7 Å². The van der Waals surface area contributed by atoms with Gasteiger partial charge in [-0.3, -0.25) is 0 Å². The number of thiol groups is 1. The summed E-state index contributed by atoms with van der Waals surface area (Å²) in [5, 5.41) is 8.16. The fraction of sp³-hybridized carbons (Fsp3) is 0.778. The van der Waals surface area contributed by atoms with Crippen LogP contribution in [0.1, 0.15) is 40.3 Å². The van der Waals surface area contributed by atoms with E-state index in [1.165, 1.54) is 0 Å². The smallest absolute Gasteiger partial charge is 0.101 e. The lowest BCUT2D eigenvalue weighted by atomic mass is 9.93. The highest BCUT2D eigenvalue weighted by Crippen LogP contribution is 2.23. The first-order valence-corrected chi connectivity index (χ1v) is 4.81. The summed E-state index contributed by atoms with van der Waals surface area (Å²) < 4.78 is 1.77. The Morgan fingerprint density at radius 3 is 2.00 bits per heavy atom. The second kappa shape index (κ2) is 3.01. The molecule has 0 atom stereocenters. The lowest BCUT2D eigenvalue weighted by molar-refractivity contribution is 0.467. The van der Waals surface area contributed by atoms with E-state index in [0.29, 0.717) is 0 Å². The van der Waals surface area contributed by atoms with Crippen LogP contribution in [0, 0.1) is 0 Å². The lowest BCUT2D eigenvalue weighted by Crippen LogP contribution is -2.19. The Hall–Kier alpha value is -0.510. The van der Waals surface area contributed by atoms with E-state index in [2.05, 4.69) is 43.7 Å². The SMILES string of the molecule is CC(C)(C)c1cn(C(C)(C)S)nn1. The van der Waals surface area contributed by atoms with Crippen molar-refractivity contribution in [3.05, 3.63) is 11.9 Å². The van der Waals surface area contributed by atoms with Crippen LogP contribution in [-0.2, 0) is 10.3 Å². The van der Waals surface area contributed by atoms with Gasteiger partial charge in [0.1, 0.15) is 4.87 Å². The molecule has 0 saturated carbocycles. The Labute approximate surface area is 84.9 Å². The Balaban J connectivity index is 3.01. The fourth-order valence-corrected chi connectivity index (χ4v) is 0.973. The maximum Gasteiger partial charge on any atom is 0.101 e. The van der Waals surface area contributed by atoms with Crippen LogP contribution in [0.2, 0.25) is 0 Å². The van der Waals surface area contributed by atoms with Gasteiger partial charge in [-0.1, -0.05) is 26.0 Å². The Morgan fingerprint density at radius 1 is 1.23 bits per heavy atom. The summed E-state index contributed by atoms with van der Waals surface area (Å²) in [5.74, 6) is 0. The number of hydrogen-bond donors (Lipinski definition) is 1. The molecule has 0 saturated heterocycles. The van der Waals surface area contributed by atoms with Gasteiger partial charge < -0.3 is 0 Å². The van der Waals surface area contributed by atoms with Crippen LogP contribution < -0.4 is 0 Å². The van der Waals surface area contributed by atoms with E-state index in [-0.39, 0.29) is 10.3 Å². The van der Waals surface area contributed by atoms with E-state index < -0.39 is 0 Å². The standard InChI is InChI=1S/C9H17N3S/c1-8(2,3)7-6-12(11-10-7)9(4,5)13/h6,13H,1-5H3. The second-order valence-corrected chi connectivity index (χ2v) is 5.89. The van der Waals surface area contributed by atoms with Crippen LogP contribution in [0.4, 0.5) is 0 Å². The van der Waals surface area contributed by atoms with Crippen molar-refractivity contribution in [1.82, 2.24) is 15.0 Å². The van der Waals surface area contributed by atoms with E-state index in [1.54, 1.807) is 4.68 Å². The average molecular weight is 199 g/mol. The molecule has 0 N–H and O–H groups in total. The van der Waals surface area contributed by atoms with E-state index >= 15 is 0 Å². The molecule has 3 nitrogen and oxygen atoms in total. The molecule has 4 heteroatoms. The quantitative estimate of drug-likeness (QED) is 0.703. The third-order valence-corrected chi connectivity index (χ3v) is 2.03. The molecule has 1 rings (SSSR count). The number of rotatable bonds is 1. The van der Waals surface area contributed by atoms with Crippen LogP contribution >= 0.6 is 12.6 Å². The van der Waals surface area contributed by atoms with Crippen molar-refractivity contribution in [1.29, 1.82) is 0 Å². The highest BCUT2D eigenvalue weighted by Gasteiger charge is 2.22. The monoisotopic (exact) mass is 199 g/mol. The molecule has 0 aliphatic heterocycles. The highest BCUT2D eigenvalue weighted by atomic mass is 32.1. The first-order chi connectivity index (χ1) is 5.71. The highest BCUT2D eigenvalue weighted by molar-refractivity contribution is 7.81. The van der Waals surface area contributed by atoms with Crippen molar-refractivity contribution in [3.63, 3.8) is 0 Å².